The molecule has 3 aliphatic rings. The normalized spacial score (nSPS) is 18.1. The number of nitrogens with zero attached hydrogens (tertiary/aromatic N) is 6. The van der Waals surface area contributed by atoms with Crippen LogP contribution in [0.1, 0.15) is 40.2 Å². The summed E-state index contributed by atoms with van der Waals surface area (Å²) in [7, 11) is 0. The molecule has 3 aromatic carbocycles. The summed E-state index contributed by atoms with van der Waals surface area (Å²) in [5.74, 6) is -5.18. The van der Waals surface area contributed by atoms with Crippen LogP contribution in [0.15, 0.2) is 131 Å². The van der Waals surface area contributed by atoms with Gasteiger partial charge in [-0.25, -0.2) is 19.6 Å². The van der Waals surface area contributed by atoms with Crippen LogP contribution in [0.25, 0.3) is 0 Å². The molecule has 0 radical (unpaired) electrons. The molecule has 16 nitrogen and oxygen atoms in total. The third kappa shape index (κ3) is 9.32. The van der Waals surface area contributed by atoms with Crippen LogP contribution in [0.4, 0.5) is 24.1 Å². The molecule has 21 heteroatoms. The number of benzene rings is 3. The number of aliphatic carboxylic acids is 2. The Bertz CT molecular complexity index is 2660. The van der Waals surface area contributed by atoms with Crippen LogP contribution in [0.2, 0.25) is 0 Å². The van der Waals surface area contributed by atoms with Crippen LogP contribution in [0, 0.1) is 13.8 Å². The Labute approximate surface area is 376 Å². The van der Waals surface area contributed by atoms with Crippen molar-refractivity contribution in [1.29, 1.82) is 0 Å². The predicted octanol–water partition coefficient (Wildman–Crippen LogP) is 5.58. The molecule has 5 N–H and O–H groups in total. The monoisotopic (exact) mass is 926 g/mol. The van der Waals surface area contributed by atoms with E-state index in [1.54, 1.807) is 24.6 Å². The molecular formula is C44H37F3N8O8S2. The number of halogens is 3. The van der Waals surface area contributed by atoms with Crippen molar-refractivity contribution >= 4 is 69.4 Å². The maximum Gasteiger partial charge on any atom is 0.490 e. The summed E-state index contributed by atoms with van der Waals surface area (Å²) < 4.78 is 31.7. The fourth-order valence-corrected chi connectivity index (χ4v) is 9.23. The summed E-state index contributed by atoms with van der Waals surface area (Å²) in [4.78, 5) is 85.6. The highest BCUT2D eigenvalue weighted by atomic mass is 32.2. The van der Waals surface area contributed by atoms with E-state index in [1.807, 2.05) is 97.9 Å². The lowest BCUT2D eigenvalue weighted by atomic mass is 9.80. The van der Waals surface area contributed by atoms with E-state index in [9.17, 15) is 37.5 Å². The highest BCUT2D eigenvalue weighted by Gasteiger charge is 2.54. The Morgan fingerprint density at radius 2 is 1.49 bits per heavy atom. The Hall–Kier alpha value is -7.39. The summed E-state index contributed by atoms with van der Waals surface area (Å²) in [6.45, 7) is 3.95. The topological polar surface area (TPSA) is 231 Å². The van der Waals surface area contributed by atoms with E-state index in [4.69, 9.17) is 20.5 Å². The Morgan fingerprint density at radius 3 is 1.98 bits per heavy atom. The van der Waals surface area contributed by atoms with E-state index >= 15 is 0 Å². The second kappa shape index (κ2) is 18.8. The van der Waals surface area contributed by atoms with Gasteiger partial charge in [-0.2, -0.15) is 13.2 Å². The Kier molecular flexibility index (Phi) is 13.2. The molecule has 0 aliphatic carbocycles. The average Bonchev–Trinajstić information content (AvgIpc) is 3.88. The smallest absolute Gasteiger partial charge is 0.477 e. The molecule has 2 aromatic heterocycles. The molecule has 2 atom stereocenters. The second-order valence-corrected chi connectivity index (χ2v) is 16.5. The number of aromatic nitrogens is 3. The molecule has 334 valence electrons. The maximum atomic E-state index is 14.3. The summed E-state index contributed by atoms with van der Waals surface area (Å²) in [5.41, 5.74) is 8.60. The van der Waals surface area contributed by atoms with E-state index in [0.717, 1.165) is 38.6 Å². The van der Waals surface area contributed by atoms with Crippen molar-refractivity contribution in [3.8, 4) is 0 Å². The molecule has 0 bridgehead atoms. The molecule has 2 fully saturated rings. The van der Waals surface area contributed by atoms with Crippen molar-refractivity contribution in [1.82, 2.24) is 25.2 Å². The number of alkyl halides is 3. The zero-order valence-electron chi connectivity index (χ0n) is 34.2. The Morgan fingerprint density at radius 1 is 0.923 bits per heavy atom. The van der Waals surface area contributed by atoms with Gasteiger partial charge in [-0.05, 0) is 31.9 Å². The van der Waals surface area contributed by atoms with Gasteiger partial charge in [-0.1, -0.05) is 96.2 Å². The van der Waals surface area contributed by atoms with Gasteiger partial charge in [0.05, 0.1) is 17.6 Å². The van der Waals surface area contributed by atoms with Gasteiger partial charge in [0, 0.05) is 39.9 Å². The van der Waals surface area contributed by atoms with Gasteiger partial charge in [0.2, 0.25) is 5.60 Å². The molecule has 8 rings (SSSR count). The van der Waals surface area contributed by atoms with Gasteiger partial charge in [-0.3, -0.25) is 29.2 Å². The van der Waals surface area contributed by atoms with Crippen LogP contribution in [0.5, 0.6) is 0 Å². The molecular weight excluding hydrogens is 890 g/mol. The van der Waals surface area contributed by atoms with Crippen molar-refractivity contribution < 1.29 is 52.2 Å². The van der Waals surface area contributed by atoms with Gasteiger partial charge in [-0.15, -0.1) is 23.1 Å². The van der Waals surface area contributed by atoms with Crippen LogP contribution in [-0.4, -0.2) is 95.3 Å². The van der Waals surface area contributed by atoms with Gasteiger partial charge < -0.3 is 26.1 Å². The third-order valence-electron chi connectivity index (χ3n) is 10.3. The minimum atomic E-state index is -5.08. The summed E-state index contributed by atoms with van der Waals surface area (Å²) in [6, 6.07) is 27.4. The molecule has 0 saturated carbocycles. The largest absolute Gasteiger partial charge is 0.490 e. The first-order valence-corrected chi connectivity index (χ1v) is 21.4. The number of hydrogen-bond acceptors (Lipinski definition) is 13. The van der Waals surface area contributed by atoms with Crippen LogP contribution in [-0.2, 0) is 34.4 Å². The average molecular weight is 927 g/mol. The first kappa shape index (κ1) is 45.6. The third-order valence-corrected chi connectivity index (χ3v) is 12.3. The molecule has 5 heterocycles. The van der Waals surface area contributed by atoms with Crippen molar-refractivity contribution in [2.75, 3.05) is 22.9 Å². The molecule has 0 spiro atoms. The first-order valence-electron chi connectivity index (χ1n) is 19.5. The van der Waals surface area contributed by atoms with Crippen molar-refractivity contribution in [2.24, 2.45) is 5.16 Å². The van der Waals surface area contributed by atoms with E-state index in [1.165, 1.54) is 16.7 Å². The number of nitrogens with one attached hydrogen (secondary N) is 1. The zero-order valence-corrected chi connectivity index (χ0v) is 35.9. The minimum Gasteiger partial charge on any atom is -0.477 e. The number of β-lactam (4-membered cyclic amide) rings is 1. The van der Waals surface area contributed by atoms with E-state index < -0.39 is 46.9 Å². The number of thioether (sulfide) groups is 1. The lowest BCUT2D eigenvalue weighted by molar-refractivity contribution is -0.192. The molecule has 3 aliphatic heterocycles. The maximum absolute atomic E-state index is 14.3. The van der Waals surface area contributed by atoms with Crippen molar-refractivity contribution in [3.05, 3.63) is 159 Å². The predicted molar refractivity (Wildman–Crippen MR) is 233 cm³/mol. The quantitative estimate of drug-likeness (QED) is 0.0417. The van der Waals surface area contributed by atoms with E-state index in [-0.39, 0.29) is 33.9 Å². The molecule has 3 amide bonds. The number of amides is 3. The number of carboxylic acid groups (broad SMARTS) is 2. The van der Waals surface area contributed by atoms with E-state index in [0.29, 0.717) is 35.6 Å². The SMILES string of the molecule is Cc1cnc(N2CC/C(=C\C3=C(C(=O)O)N4C(=O)[C@@H](NC(=O)/C(=N\OC(c5ccccc5)(c5ccccc5)c5ccccc5)c5csc(N)n5)[C@H]4SC3)C2=O)c(C)n1.O=C(O)C(F)(F)F. The number of nitrogens with two attached hydrogens (primary N) is 1. The van der Waals surface area contributed by atoms with Crippen molar-refractivity contribution in [2.45, 2.75) is 43.5 Å². The van der Waals surface area contributed by atoms with Crippen LogP contribution in [0.3, 0.4) is 0 Å². The van der Waals surface area contributed by atoms with E-state index in [2.05, 4.69) is 25.4 Å². The number of fused-ring (bicyclic) bond motifs is 1. The first-order chi connectivity index (χ1) is 31.0. The summed E-state index contributed by atoms with van der Waals surface area (Å²) in [5, 5.41) is 25.8. The number of carbonyl (C=O) groups is 5. The summed E-state index contributed by atoms with van der Waals surface area (Å²) >= 11 is 2.38. The molecule has 2 saturated heterocycles. The fraction of sp³-hybridized carbons (Fsp3) is 0.205. The highest BCUT2D eigenvalue weighted by Crippen LogP contribution is 2.43. The number of allylic oxidation sites excluding steroid dienone is 1. The number of rotatable bonds is 11. The number of hydrogen-bond donors (Lipinski definition) is 4. The lowest BCUT2D eigenvalue weighted by Gasteiger charge is -2.49. The molecule has 5 aromatic rings. The zero-order chi connectivity index (χ0) is 46.6. The van der Waals surface area contributed by atoms with Crippen LogP contribution >= 0.6 is 23.1 Å². The number of thiazole rings is 1. The molecule has 0 unspecified atom stereocenters. The number of oxime groups is 1. The standard InChI is InChI=1S/C42H36N8O6S2.C2HF3O2/c1-24-21-44-35(25(2)45-24)49-19-18-26(37(49)52)20-27-22-57-39-33(38(53)50(39)34(27)40(54)55)47-36(51)32(31-23-58-41(43)46-31)48-56-42(28-12-6-3-7-13-28,29-14-8-4-9-15-29)30-16-10-5-11-17-30;3-2(4,5)1(6)7/h3-17,20-21,23,33,39H,18-19,22H2,1-2H3,(H2,43,46)(H,47,51)(H,54,55);(H,6,7)/b26-20+,48-32-;/t33-,39-;/m1./s1. The number of carboxylic acids is 2. The van der Waals surface area contributed by atoms with Gasteiger partial charge in [0.1, 0.15) is 22.8 Å². The minimum absolute atomic E-state index is 0.130. The van der Waals surface area contributed by atoms with Gasteiger partial charge in [0.25, 0.3) is 17.7 Å². The van der Waals surface area contributed by atoms with Crippen molar-refractivity contribution in [3.63, 3.8) is 0 Å². The molecule has 65 heavy (non-hydrogen) atoms. The lowest BCUT2D eigenvalue weighted by Crippen LogP contribution is -2.71. The highest BCUT2D eigenvalue weighted by molar-refractivity contribution is 8.00. The van der Waals surface area contributed by atoms with Crippen LogP contribution < -0.4 is 16.0 Å². The number of aryl methyl sites for hydroxylation is 2. The number of carbonyl (C=O) groups excluding carboxylic acids is 3. The Balaban J connectivity index is 0.000000833. The summed E-state index contributed by atoms with van der Waals surface area (Å²) in [6.07, 6.45) is -1.58. The van der Waals surface area contributed by atoms with Gasteiger partial charge >= 0.3 is 18.1 Å². The fourth-order valence-electron chi connectivity index (χ4n) is 7.37. The van der Waals surface area contributed by atoms with Gasteiger partial charge in [0.15, 0.2) is 16.7 Å². The number of anilines is 2. The second-order valence-electron chi connectivity index (χ2n) is 14.5. The number of nitrogen functional groups attached to an aromatic ring is 1.